The third-order valence-electron chi connectivity index (χ3n) is 2.94. The molecule has 0 aliphatic rings. The van der Waals surface area contributed by atoms with Gasteiger partial charge in [-0.3, -0.25) is 0 Å². The minimum Gasteiger partial charge on any atom is -0.459 e. The van der Waals surface area contributed by atoms with Crippen molar-refractivity contribution in [3.05, 3.63) is 51.9 Å². The van der Waals surface area contributed by atoms with Gasteiger partial charge in [0.2, 0.25) is 0 Å². The molecule has 0 fully saturated rings. The van der Waals surface area contributed by atoms with E-state index < -0.39 is 6.04 Å². The number of halogens is 1. The van der Waals surface area contributed by atoms with Crippen molar-refractivity contribution in [2.45, 2.75) is 13.0 Å². The van der Waals surface area contributed by atoms with Gasteiger partial charge in [-0.25, -0.2) is 9.37 Å². The molecule has 0 saturated carbocycles. The van der Waals surface area contributed by atoms with Crippen LogP contribution in [-0.4, -0.2) is 4.98 Å². The quantitative estimate of drug-likeness (QED) is 0.770. The molecule has 5 heteroatoms. The van der Waals surface area contributed by atoms with Gasteiger partial charge >= 0.3 is 0 Å². The van der Waals surface area contributed by atoms with Gasteiger partial charge in [0, 0.05) is 22.5 Å². The molecule has 2 N–H and O–H groups in total. The van der Waals surface area contributed by atoms with Crippen LogP contribution in [-0.2, 0) is 0 Å². The number of fused-ring (bicyclic) bond motifs is 1. The van der Waals surface area contributed by atoms with Crippen LogP contribution in [0.25, 0.3) is 11.0 Å². The van der Waals surface area contributed by atoms with Crippen molar-refractivity contribution >= 4 is 22.3 Å². The molecule has 2 aromatic heterocycles. The van der Waals surface area contributed by atoms with Crippen molar-refractivity contribution in [2.75, 3.05) is 0 Å². The molecule has 1 unspecified atom stereocenters. The number of nitrogens with two attached hydrogens (primary N) is 1. The van der Waals surface area contributed by atoms with Crippen molar-refractivity contribution in [3.8, 4) is 0 Å². The maximum Gasteiger partial charge on any atom is 0.134 e. The van der Waals surface area contributed by atoms with Crippen LogP contribution in [0.4, 0.5) is 4.39 Å². The van der Waals surface area contributed by atoms with E-state index in [1.165, 1.54) is 23.5 Å². The van der Waals surface area contributed by atoms with Crippen molar-refractivity contribution in [1.82, 2.24) is 4.98 Å². The summed E-state index contributed by atoms with van der Waals surface area (Å²) >= 11 is 1.48. The number of rotatable bonds is 2. The van der Waals surface area contributed by atoms with Crippen LogP contribution in [0.1, 0.15) is 22.4 Å². The number of aryl methyl sites for hydroxylation is 1. The predicted octanol–water partition coefficient (Wildman–Crippen LogP) is 3.38. The molecule has 0 spiro atoms. The molecule has 0 amide bonds. The fourth-order valence-corrected chi connectivity index (χ4v) is 2.65. The maximum absolute atomic E-state index is 13.2. The highest BCUT2D eigenvalue weighted by molar-refractivity contribution is 7.09. The lowest BCUT2D eigenvalue weighted by atomic mass is 10.1. The topological polar surface area (TPSA) is 52.0 Å². The smallest absolute Gasteiger partial charge is 0.134 e. The van der Waals surface area contributed by atoms with Crippen LogP contribution >= 0.6 is 11.3 Å². The van der Waals surface area contributed by atoms with Crippen molar-refractivity contribution in [1.29, 1.82) is 0 Å². The largest absolute Gasteiger partial charge is 0.459 e. The molecule has 0 radical (unpaired) electrons. The summed E-state index contributed by atoms with van der Waals surface area (Å²) in [5.74, 6) is 0.367. The van der Waals surface area contributed by atoms with E-state index in [2.05, 4.69) is 4.98 Å². The van der Waals surface area contributed by atoms with E-state index in [1.807, 2.05) is 12.3 Å². The number of thiazole rings is 1. The van der Waals surface area contributed by atoms with Crippen LogP contribution in [0.3, 0.4) is 0 Å². The Morgan fingerprint density at radius 2 is 2.28 bits per heavy atom. The minimum absolute atomic E-state index is 0.277. The Hall–Kier alpha value is -1.72. The maximum atomic E-state index is 13.2. The summed E-state index contributed by atoms with van der Waals surface area (Å²) in [6.45, 7) is 1.88. The summed E-state index contributed by atoms with van der Waals surface area (Å²) in [6.07, 6.45) is 1.71. The van der Waals surface area contributed by atoms with Crippen molar-refractivity contribution in [3.63, 3.8) is 0 Å². The summed E-state index contributed by atoms with van der Waals surface area (Å²) in [6, 6.07) is 4.06. The second-order valence-electron chi connectivity index (χ2n) is 4.08. The zero-order valence-corrected chi connectivity index (χ0v) is 10.5. The van der Waals surface area contributed by atoms with Crippen molar-refractivity contribution in [2.24, 2.45) is 5.73 Å². The van der Waals surface area contributed by atoms with Gasteiger partial charge in [0.1, 0.15) is 28.2 Å². The summed E-state index contributed by atoms with van der Waals surface area (Å²) in [4.78, 5) is 4.18. The summed E-state index contributed by atoms with van der Waals surface area (Å²) in [5.41, 5.74) is 7.64. The first-order chi connectivity index (χ1) is 8.66. The highest BCUT2D eigenvalue weighted by atomic mass is 32.1. The molecule has 18 heavy (non-hydrogen) atoms. The molecular weight excluding hydrogens is 251 g/mol. The van der Waals surface area contributed by atoms with Crippen LogP contribution in [0, 0.1) is 12.7 Å². The number of hydrogen-bond acceptors (Lipinski definition) is 4. The van der Waals surface area contributed by atoms with E-state index in [0.717, 1.165) is 16.0 Å². The van der Waals surface area contributed by atoms with Gasteiger partial charge in [-0.15, -0.1) is 11.3 Å². The van der Waals surface area contributed by atoms with Crippen LogP contribution in [0.15, 0.2) is 34.2 Å². The number of benzene rings is 1. The minimum atomic E-state index is -0.402. The Kier molecular flexibility index (Phi) is 2.65. The Morgan fingerprint density at radius 1 is 1.44 bits per heavy atom. The average Bonchev–Trinajstić information content (AvgIpc) is 2.98. The molecule has 3 nitrogen and oxygen atoms in total. The SMILES string of the molecule is Cc1c(C(N)c2nccs2)oc2ccc(F)cc12. The van der Waals surface area contributed by atoms with Crippen LogP contribution < -0.4 is 5.73 Å². The van der Waals surface area contributed by atoms with Gasteiger partial charge < -0.3 is 10.2 Å². The average molecular weight is 262 g/mol. The summed E-state index contributed by atoms with van der Waals surface area (Å²) in [7, 11) is 0. The number of furan rings is 1. The van der Waals surface area contributed by atoms with E-state index in [1.54, 1.807) is 12.3 Å². The number of aromatic nitrogens is 1. The molecule has 0 aliphatic carbocycles. The predicted molar refractivity (Wildman–Crippen MR) is 69.1 cm³/mol. The lowest BCUT2D eigenvalue weighted by molar-refractivity contribution is 0.520. The lowest BCUT2D eigenvalue weighted by Gasteiger charge is -2.05. The first-order valence-corrected chi connectivity index (χ1v) is 6.38. The summed E-state index contributed by atoms with van der Waals surface area (Å²) < 4.78 is 18.9. The van der Waals surface area contributed by atoms with E-state index >= 15 is 0 Å². The molecule has 0 saturated heterocycles. The Morgan fingerprint density at radius 3 is 3.00 bits per heavy atom. The van der Waals surface area contributed by atoms with Gasteiger partial charge in [0.15, 0.2) is 0 Å². The summed E-state index contributed by atoms with van der Waals surface area (Å²) in [5, 5.41) is 3.42. The van der Waals surface area contributed by atoms with Gasteiger partial charge in [-0.2, -0.15) is 0 Å². The number of hydrogen-bond donors (Lipinski definition) is 1. The fraction of sp³-hybridized carbons (Fsp3) is 0.154. The van der Waals surface area contributed by atoms with E-state index in [0.29, 0.717) is 11.3 Å². The Bertz CT molecular complexity index is 690. The molecule has 1 atom stereocenters. The normalized spacial score (nSPS) is 13.1. The zero-order valence-electron chi connectivity index (χ0n) is 9.68. The molecule has 2 heterocycles. The van der Waals surface area contributed by atoms with Gasteiger partial charge in [0.25, 0.3) is 0 Å². The molecule has 0 aliphatic heterocycles. The van der Waals surface area contributed by atoms with E-state index in [-0.39, 0.29) is 5.82 Å². The third-order valence-corrected chi connectivity index (χ3v) is 3.79. The van der Waals surface area contributed by atoms with Gasteiger partial charge in [-0.1, -0.05) is 0 Å². The lowest BCUT2D eigenvalue weighted by Crippen LogP contribution is -2.11. The Balaban J connectivity index is 2.15. The van der Waals surface area contributed by atoms with Crippen LogP contribution in [0.5, 0.6) is 0 Å². The van der Waals surface area contributed by atoms with Crippen molar-refractivity contribution < 1.29 is 8.81 Å². The second kappa shape index (κ2) is 4.19. The molecule has 3 aromatic rings. The molecular formula is C13H11FN2OS. The third kappa shape index (κ3) is 1.72. The highest BCUT2D eigenvalue weighted by Crippen LogP contribution is 2.32. The fourth-order valence-electron chi connectivity index (χ4n) is 2.01. The monoisotopic (exact) mass is 262 g/mol. The number of nitrogens with zero attached hydrogens (tertiary/aromatic N) is 1. The highest BCUT2D eigenvalue weighted by Gasteiger charge is 2.20. The van der Waals surface area contributed by atoms with E-state index in [4.69, 9.17) is 10.2 Å². The first kappa shape index (κ1) is 11.4. The molecule has 3 rings (SSSR count). The van der Waals surface area contributed by atoms with Gasteiger partial charge in [-0.05, 0) is 25.1 Å². The zero-order chi connectivity index (χ0) is 12.7. The van der Waals surface area contributed by atoms with Crippen LogP contribution in [0.2, 0.25) is 0 Å². The molecule has 1 aromatic carbocycles. The standard InChI is InChI=1S/C13H11FN2OS/c1-7-9-6-8(14)2-3-10(9)17-12(7)11(15)13-16-4-5-18-13/h2-6,11H,15H2,1H3. The van der Waals surface area contributed by atoms with E-state index in [9.17, 15) is 4.39 Å². The first-order valence-electron chi connectivity index (χ1n) is 5.50. The Labute approximate surface area is 107 Å². The molecule has 92 valence electrons. The second-order valence-corrected chi connectivity index (χ2v) is 5.01. The van der Waals surface area contributed by atoms with Gasteiger partial charge in [0.05, 0.1) is 0 Å². The molecule has 0 bridgehead atoms.